The summed E-state index contributed by atoms with van der Waals surface area (Å²) in [5, 5.41) is 18.7. The summed E-state index contributed by atoms with van der Waals surface area (Å²) in [5.41, 5.74) is 4.90. The zero-order valence-corrected chi connectivity index (χ0v) is 6.69. The second-order valence-electron chi connectivity index (χ2n) is 2.26. The van der Waals surface area contributed by atoms with E-state index in [4.69, 9.17) is 15.9 Å². The maximum Gasteiger partial charge on any atom is 0.326 e. The molecule has 1 amide bonds. The van der Waals surface area contributed by atoms with E-state index in [1.54, 1.807) is 0 Å². The van der Waals surface area contributed by atoms with Crippen molar-refractivity contribution in [3.05, 3.63) is 0 Å². The van der Waals surface area contributed by atoms with Gasteiger partial charge in [0.1, 0.15) is 6.04 Å². The Labute approximate surface area is 73.5 Å². The van der Waals surface area contributed by atoms with Gasteiger partial charge in [0, 0.05) is 0 Å². The van der Waals surface area contributed by atoms with Gasteiger partial charge in [0.25, 0.3) is 0 Å². The van der Waals surface area contributed by atoms with Crippen LogP contribution in [0.1, 0.15) is 6.42 Å². The minimum Gasteiger partial charge on any atom is -0.481 e. The summed E-state index contributed by atoms with van der Waals surface area (Å²) in [6.45, 7) is -0.372. The van der Waals surface area contributed by atoms with Crippen molar-refractivity contribution in [1.29, 1.82) is 0 Å². The van der Waals surface area contributed by atoms with Gasteiger partial charge in [-0.3, -0.25) is 9.59 Å². The molecule has 0 fully saturated rings. The summed E-state index contributed by atoms with van der Waals surface area (Å²) < 4.78 is 0. The van der Waals surface area contributed by atoms with Crippen molar-refractivity contribution in [1.82, 2.24) is 5.32 Å². The summed E-state index contributed by atoms with van der Waals surface area (Å²) in [4.78, 5) is 31.1. The monoisotopic (exact) mass is 190 g/mol. The molecule has 0 saturated heterocycles. The lowest BCUT2D eigenvalue weighted by atomic mass is 10.2. The minimum absolute atomic E-state index is 0.372. The normalized spacial score (nSPS) is 11.8. The summed E-state index contributed by atoms with van der Waals surface area (Å²) in [6, 6.07) is -1.42. The van der Waals surface area contributed by atoms with Crippen molar-refractivity contribution in [3.63, 3.8) is 0 Å². The first-order valence-electron chi connectivity index (χ1n) is 3.41. The Hall–Kier alpha value is -1.63. The number of aliphatic carboxylic acids is 2. The van der Waals surface area contributed by atoms with Crippen molar-refractivity contribution >= 4 is 17.8 Å². The number of amides is 1. The lowest BCUT2D eigenvalue weighted by Crippen LogP contribution is -2.44. The summed E-state index contributed by atoms with van der Waals surface area (Å²) in [7, 11) is 0. The van der Waals surface area contributed by atoms with Crippen LogP contribution < -0.4 is 11.1 Å². The number of hydrogen-bond acceptors (Lipinski definition) is 4. The average molecular weight is 190 g/mol. The average Bonchev–Trinajstić information content (AvgIpc) is 2.02. The van der Waals surface area contributed by atoms with Crippen LogP contribution in [0.5, 0.6) is 0 Å². The Kier molecular flexibility index (Phi) is 4.45. The zero-order valence-electron chi connectivity index (χ0n) is 6.69. The molecule has 0 spiro atoms. The van der Waals surface area contributed by atoms with E-state index in [0.717, 1.165) is 0 Å². The summed E-state index contributed by atoms with van der Waals surface area (Å²) in [6.07, 6.45) is -0.666. The molecule has 7 heteroatoms. The standard InChI is InChI=1S/C6H10N2O5/c7-2-4(9)8-3(6(12)13)1-5(10)11/h3H,1-2,7H2,(H,8,9)(H,10,11)(H,12,13). The third kappa shape index (κ3) is 4.75. The van der Waals surface area contributed by atoms with Crippen LogP contribution in [0.3, 0.4) is 0 Å². The number of nitrogens with two attached hydrogens (primary N) is 1. The van der Waals surface area contributed by atoms with Gasteiger partial charge in [-0.2, -0.15) is 0 Å². The molecule has 0 aromatic carbocycles. The summed E-state index contributed by atoms with van der Waals surface area (Å²) in [5.74, 6) is -3.40. The molecule has 0 bridgehead atoms. The topological polar surface area (TPSA) is 130 Å². The zero-order chi connectivity index (χ0) is 10.4. The fraction of sp³-hybridized carbons (Fsp3) is 0.500. The number of carboxylic acids is 2. The highest BCUT2D eigenvalue weighted by Gasteiger charge is 2.22. The molecular weight excluding hydrogens is 180 g/mol. The molecule has 5 N–H and O–H groups in total. The van der Waals surface area contributed by atoms with Crippen molar-refractivity contribution in [2.24, 2.45) is 5.73 Å². The Morgan fingerprint density at radius 2 is 1.85 bits per heavy atom. The fourth-order valence-corrected chi connectivity index (χ4v) is 0.628. The van der Waals surface area contributed by atoms with E-state index < -0.39 is 30.3 Å². The van der Waals surface area contributed by atoms with Crippen LogP contribution in [-0.4, -0.2) is 40.6 Å². The molecule has 7 nitrogen and oxygen atoms in total. The molecule has 1 unspecified atom stereocenters. The third-order valence-corrected chi connectivity index (χ3v) is 1.20. The number of carbonyl (C=O) groups is 3. The molecule has 0 aliphatic heterocycles. The first-order valence-corrected chi connectivity index (χ1v) is 3.41. The Bertz CT molecular complexity index is 227. The van der Waals surface area contributed by atoms with Crippen LogP contribution in [0.2, 0.25) is 0 Å². The fourth-order valence-electron chi connectivity index (χ4n) is 0.628. The SMILES string of the molecule is NCC(=O)NC(CC(=O)O)C(=O)O. The van der Waals surface area contributed by atoms with E-state index >= 15 is 0 Å². The van der Waals surface area contributed by atoms with E-state index in [1.165, 1.54) is 0 Å². The number of carbonyl (C=O) groups excluding carboxylic acids is 1. The smallest absolute Gasteiger partial charge is 0.326 e. The van der Waals surface area contributed by atoms with Gasteiger partial charge in [-0.25, -0.2) is 4.79 Å². The van der Waals surface area contributed by atoms with Gasteiger partial charge in [-0.1, -0.05) is 0 Å². The van der Waals surface area contributed by atoms with Crippen molar-refractivity contribution < 1.29 is 24.6 Å². The molecule has 0 heterocycles. The number of carboxylic acid groups (broad SMARTS) is 2. The number of hydrogen-bond donors (Lipinski definition) is 4. The van der Waals surface area contributed by atoms with Gasteiger partial charge in [-0.15, -0.1) is 0 Å². The molecule has 0 aliphatic rings. The highest BCUT2D eigenvalue weighted by Crippen LogP contribution is 1.91. The molecule has 0 rings (SSSR count). The van der Waals surface area contributed by atoms with Crippen molar-refractivity contribution in [2.45, 2.75) is 12.5 Å². The highest BCUT2D eigenvalue weighted by atomic mass is 16.4. The molecule has 0 aliphatic carbocycles. The number of nitrogens with one attached hydrogen (secondary N) is 1. The maximum atomic E-state index is 10.6. The molecular formula is C6H10N2O5. The third-order valence-electron chi connectivity index (χ3n) is 1.20. The Morgan fingerprint density at radius 3 is 2.15 bits per heavy atom. The largest absolute Gasteiger partial charge is 0.481 e. The molecule has 0 radical (unpaired) electrons. The highest BCUT2D eigenvalue weighted by molar-refractivity contribution is 5.87. The van der Waals surface area contributed by atoms with Crippen LogP contribution in [0, 0.1) is 0 Å². The first-order chi connectivity index (χ1) is 5.97. The van der Waals surface area contributed by atoms with E-state index in [1.807, 2.05) is 5.32 Å². The van der Waals surface area contributed by atoms with Crippen LogP contribution in [0.4, 0.5) is 0 Å². The molecule has 1 atom stereocenters. The van der Waals surface area contributed by atoms with Crippen molar-refractivity contribution in [2.75, 3.05) is 6.54 Å². The van der Waals surface area contributed by atoms with Crippen molar-refractivity contribution in [3.8, 4) is 0 Å². The summed E-state index contributed by atoms with van der Waals surface area (Å²) >= 11 is 0. The maximum absolute atomic E-state index is 10.6. The molecule has 74 valence electrons. The van der Waals surface area contributed by atoms with Gasteiger partial charge in [0.15, 0.2) is 0 Å². The molecule has 0 saturated carbocycles. The second kappa shape index (κ2) is 5.09. The molecule has 0 aromatic rings. The van der Waals surface area contributed by atoms with Gasteiger partial charge < -0.3 is 21.3 Å². The second-order valence-corrected chi connectivity index (χ2v) is 2.26. The Balaban J connectivity index is 4.18. The van der Waals surface area contributed by atoms with Crippen LogP contribution in [0.15, 0.2) is 0 Å². The van der Waals surface area contributed by atoms with Crippen LogP contribution in [0.25, 0.3) is 0 Å². The Morgan fingerprint density at radius 1 is 1.31 bits per heavy atom. The van der Waals surface area contributed by atoms with E-state index in [0.29, 0.717) is 0 Å². The van der Waals surface area contributed by atoms with Crippen LogP contribution in [-0.2, 0) is 14.4 Å². The van der Waals surface area contributed by atoms with E-state index in [9.17, 15) is 14.4 Å². The molecule has 13 heavy (non-hydrogen) atoms. The van der Waals surface area contributed by atoms with E-state index in [2.05, 4.69) is 0 Å². The molecule has 0 aromatic heterocycles. The van der Waals surface area contributed by atoms with Gasteiger partial charge in [0.2, 0.25) is 5.91 Å². The van der Waals surface area contributed by atoms with Gasteiger partial charge >= 0.3 is 11.9 Å². The quantitative estimate of drug-likeness (QED) is 0.396. The van der Waals surface area contributed by atoms with Gasteiger partial charge in [-0.05, 0) is 0 Å². The first kappa shape index (κ1) is 11.4. The van der Waals surface area contributed by atoms with Crippen LogP contribution >= 0.6 is 0 Å². The van der Waals surface area contributed by atoms with Gasteiger partial charge in [0.05, 0.1) is 13.0 Å². The predicted molar refractivity (Wildman–Crippen MR) is 40.9 cm³/mol. The number of rotatable bonds is 5. The lowest BCUT2D eigenvalue weighted by molar-refractivity contribution is -0.147. The minimum atomic E-state index is -1.42. The van der Waals surface area contributed by atoms with E-state index in [-0.39, 0.29) is 6.54 Å². The predicted octanol–water partition coefficient (Wildman–Crippen LogP) is -2.01. The lowest BCUT2D eigenvalue weighted by Gasteiger charge is -2.10.